The van der Waals surface area contributed by atoms with Gasteiger partial charge in [-0.25, -0.2) is 4.98 Å². The van der Waals surface area contributed by atoms with Gasteiger partial charge < -0.3 is 15.5 Å². The number of amides is 1. The van der Waals surface area contributed by atoms with Gasteiger partial charge in [-0.1, -0.05) is 43.8 Å². The lowest BCUT2D eigenvalue weighted by Crippen LogP contribution is -2.36. The van der Waals surface area contributed by atoms with Crippen molar-refractivity contribution >= 4 is 28.2 Å². The number of carbonyl (C=O) groups is 1. The molecule has 1 amide bonds. The van der Waals surface area contributed by atoms with Crippen LogP contribution in [0.4, 0.5) is 10.9 Å². The number of hydrogen-bond acceptors (Lipinski definition) is 5. The molecule has 1 aromatic heterocycles. The smallest absolute Gasteiger partial charge is 0.268 e. The molecule has 5 nitrogen and oxygen atoms in total. The average Bonchev–Trinajstić information content (AvgIpc) is 2.79. The van der Waals surface area contributed by atoms with Crippen LogP contribution >= 0.6 is 11.3 Å². The third-order valence-corrected chi connectivity index (χ3v) is 4.91. The lowest BCUT2D eigenvalue weighted by Gasteiger charge is -2.32. The van der Waals surface area contributed by atoms with Crippen LogP contribution in [-0.2, 0) is 0 Å². The Balaban J connectivity index is 2.14. The molecule has 2 N–H and O–H groups in total. The maximum Gasteiger partial charge on any atom is 0.268 e. The Labute approximate surface area is 130 Å². The fourth-order valence-corrected chi connectivity index (χ4v) is 3.22. The molecule has 1 aliphatic heterocycles. The largest absolute Gasteiger partial charge is 0.382 e. The van der Waals surface area contributed by atoms with Gasteiger partial charge in [0.05, 0.1) is 0 Å². The number of carbonyl (C=O) groups excluding carboxylic acids is 1. The highest BCUT2D eigenvalue weighted by molar-refractivity contribution is 7.18. The fourth-order valence-electron chi connectivity index (χ4n) is 2.34. The summed E-state index contributed by atoms with van der Waals surface area (Å²) in [6.45, 7) is 8.03. The minimum absolute atomic E-state index is 0.0118. The van der Waals surface area contributed by atoms with Crippen LogP contribution in [0.1, 0.15) is 36.9 Å². The molecular weight excluding hydrogens is 284 g/mol. The monoisotopic (exact) mass is 308 g/mol. The molecule has 2 rings (SSSR count). The van der Waals surface area contributed by atoms with Crippen LogP contribution in [0.25, 0.3) is 0 Å². The number of rotatable bonds is 2. The van der Waals surface area contributed by atoms with Gasteiger partial charge in [0.2, 0.25) is 0 Å². The van der Waals surface area contributed by atoms with Crippen molar-refractivity contribution in [3.63, 3.8) is 0 Å². The van der Waals surface area contributed by atoms with Crippen molar-refractivity contribution in [2.24, 2.45) is 5.41 Å². The summed E-state index contributed by atoms with van der Waals surface area (Å²) in [5.74, 6) is 0.321. The lowest BCUT2D eigenvalue weighted by atomic mass is 9.83. The Morgan fingerprint density at radius 2 is 2.10 bits per heavy atom. The third kappa shape index (κ3) is 3.37. The first-order chi connectivity index (χ1) is 9.70. The van der Waals surface area contributed by atoms with E-state index in [0.717, 1.165) is 18.1 Å². The number of aromatic nitrogens is 1. The van der Waals surface area contributed by atoms with Crippen LogP contribution in [0, 0.1) is 5.41 Å². The molecule has 21 heavy (non-hydrogen) atoms. The highest BCUT2D eigenvalue weighted by atomic mass is 32.1. The average molecular weight is 308 g/mol. The second-order valence-corrected chi connectivity index (χ2v) is 7.56. The van der Waals surface area contributed by atoms with Gasteiger partial charge in [-0.05, 0) is 11.8 Å². The van der Waals surface area contributed by atoms with Crippen molar-refractivity contribution < 1.29 is 4.79 Å². The molecular formula is C15H24N4OS. The molecule has 0 radical (unpaired) electrons. The van der Waals surface area contributed by atoms with Gasteiger partial charge >= 0.3 is 0 Å². The van der Waals surface area contributed by atoms with Gasteiger partial charge in [-0.2, -0.15) is 0 Å². The maximum absolute atomic E-state index is 12.6. The zero-order valence-corrected chi connectivity index (χ0v) is 14.3. The molecule has 116 valence electrons. The molecule has 0 saturated heterocycles. The van der Waals surface area contributed by atoms with E-state index in [0.29, 0.717) is 17.2 Å². The van der Waals surface area contributed by atoms with E-state index < -0.39 is 0 Å². The maximum atomic E-state index is 12.6. The molecule has 1 aliphatic rings. The molecule has 0 unspecified atom stereocenters. The highest BCUT2D eigenvalue weighted by Gasteiger charge is 2.27. The normalized spacial score (nSPS) is 15.9. The van der Waals surface area contributed by atoms with Crippen molar-refractivity contribution in [1.82, 2.24) is 9.88 Å². The predicted molar refractivity (Wildman–Crippen MR) is 88.9 cm³/mol. The van der Waals surface area contributed by atoms with Crippen LogP contribution in [-0.4, -0.2) is 43.0 Å². The van der Waals surface area contributed by atoms with E-state index in [2.05, 4.69) is 31.8 Å². The first-order valence-corrected chi connectivity index (χ1v) is 7.94. The quantitative estimate of drug-likeness (QED) is 0.853. The summed E-state index contributed by atoms with van der Waals surface area (Å²) in [7, 11) is 3.79. The standard InChI is InChI=1S/C15H24N4OS/c1-15(2,3)10-6-8-19(9-7-10)13(20)11-12(16)17-14(21-11)18(4)5/h6H,7-9,16H2,1-5H3. The third-order valence-electron chi connectivity index (χ3n) is 3.68. The van der Waals surface area contributed by atoms with Crippen molar-refractivity contribution in [2.75, 3.05) is 37.8 Å². The molecule has 6 heteroatoms. The Morgan fingerprint density at radius 3 is 2.52 bits per heavy atom. The molecule has 1 aromatic rings. The molecule has 2 heterocycles. The summed E-state index contributed by atoms with van der Waals surface area (Å²) in [6, 6.07) is 0. The molecule has 0 aromatic carbocycles. The second-order valence-electron chi connectivity index (χ2n) is 6.59. The number of nitrogens with zero attached hydrogens (tertiary/aromatic N) is 3. The van der Waals surface area contributed by atoms with Crippen LogP contribution in [0.5, 0.6) is 0 Å². The van der Waals surface area contributed by atoms with E-state index in [1.54, 1.807) is 0 Å². The minimum Gasteiger partial charge on any atom is -0.382 e. The Morgan fingerprint density at radius 1 is 1.43 bits per heavy atom. The summed E-state index contributed by atoms with van der Waals surface area (Å²) in [5.41, 5.74) is 7.48. The van der Waals surface area contributed by atoms with Gasteiger partial charge in [-0.15, -0.1) is 0 Å². The topological polar surface area (TPSA) is 62.5 Å². The van der Waals surface area contributed by atoms with Gasteiger partial charge in [0.15, 0.2) is 5.13 Å². The van der Waals surface area contributed by atoms with Crippen LogP contribution < -0.4 is 10.6 Å². The SMILES string of the molecule is CN(C)c1nc(N)c(C(=O)N2CC=C(C(C)(C)C)CC2)s1. The zero-order chi connectivity index (χ0) is 15.8. The van der Waals surface area contributed by atoms with E-state index in [1.165, 1.54) is 16.9 Å². The molecule has 0 spiro atoms. The Bertz CT molecular complexity index is 569. The first-order valence-electron chi connectivity index (χ1n) is 7.12. The van der Waals surface area contributed by atoms with E-state index in [9.17, 15) is 4.79 Å². The summed E-state index contributed by atoms with van der Waals surface area (Å²) in [6.07, 6.45) is 3.10. The van der Waals surface area contributed by atoms with Crippen LogP contribution in [0.3, 0.4) is 0 Å². The second kappa shape index (κ2) is 5.67. The summed E-state index contributed by atoms with van der Waals surface area (Å²) >= 11 is 1.35. The zero-order valence-electron chi connectivity index (χ0n) is 13.4. The van der Waals surface area contributed by atoms with E-state index in [-0.39, 0.29) is 11.3 Å². The number of nitrogen functional groups attached to an aromatic ring is 1. The minimum atomic E-state index is -0.0118. The summed E-state index contributed by atoms with van der Waals surface area (Å²) in [5, 5.41) is 0.763. The van der Waals surface area contributed by atoms with Gasteiger partial charge in [0.1, 0.15) is 10.7 Å². The first kappa shape index (κ1) is 15.8. The van der Waals surface area contributed by atoms with Crippen LogP contribution in [0.15, 0.2) is 11.6 Å². The molecule has 0 aliphatic carbocycles. The summed E-state index contributed by atoms with van der Waals surface area (Å²) in [4.78, 5) is 21.1. The van der Waals surface area contributed by atoms with E-state index in [1.807, 2.05) is 23.9 Å². The number of anilines is 2. The van der Waals surface area contributed by atoms with Crippen molar-refractivity contribution in [2.45, 2.75) is 27.2 Å². The molecule has 0 atom stereocenters. The van der Waals surface area contributed by atoms with Crippen LogP contribution in [0.2, 0.25) is 0 Å². The fraction of sp³-hybridized carbons (Fsp3) is 0.600. The molecule has 0 saturated carbocycles. The van der Waals surface area contributed by atoms with Crippen molar-refractivity contribution in [1.29, 1.82) is 0 Å². The van der Waals surface area contributed by atoms with Gasteiger partial charge in [0.25, 0.3) is 5.91 Å². The number of nitrogens with two attached hydrogens (primary N) is 1. The Hall–Kier alpha value is -1.56. The van der Waals surface area contributed by atoms with Crippen molar-refractivity contribution in [3.8, 4) is 0 Å². The van der Waals surface area contributed by atoms with Crippen molar-refractivity contribution in [3.05, 3.63) is 16.5 Å². The van der Waals surface area contributed by atoms with E-state index >= 15 is 0 Å². The predicted octanol–water partition coefficient (Wildman–Crippen LogP) is 2.61. The molecule has 0 fully saturated rings. The van der Waals surface area contributed by atoms with Gasteiger partial charge in [-0.3, -0.25) is 4.79 Å². The number of hydrogen-bond donors (Lipinski definition) is 1. The summed E-state index contributed by atoms with van der Waals surface area (Å²) < 4.78 is 0. The highest BCUT2D eigenvalue weighted by Crippen LogP contribution is 2.32. The Kier molecular flexibility index (Phi) is 4.27. The number of thiazole rings is 1. The molecule has 0 bridgehead atoms. The van der Waals surface area contributed by atoms with E-state index in [4.69, 9.17) is 5.73 Å². The lowest BCUT2D eigenvalue weighted by molar-refractivity contribution is 0.0770. The van der Waals surface area contributed by atoms with Gasteiger partial charge in [0, 0.05) is 27.2 Å².